The number of nitrogens with one attached hydrogen (secondary N) is 4. The summed E-state index contributed by atoms with van der Waals surface area (Å²) in [5.41, 5.74) is 8.99. The van der Waals surface area contributed by atoms with E-state index in [4.69, 9.17) is 5.73 Å². The summed E-state index contributed by atoms with van der Waals surface area (Å²) in [7, 11) is 0. The number of amides is 3. The molecule has 4 aromatic rings. The Bertz CT molecular complexity index is 1670. The normalized spacial score (nSPS) is 13.8. The molecule has 0 radical (unpaired) electrons. The third kappa shape index (κ3) is 8.85. The second kappa shape index (κ2) is 15.1. The lowest BCUT2D eigenvalue weighted by Crippen LogP contribution is -2.59. The van der Waals surface area contributed by atoms with Crippen molar-refractivity contribution >= 4 is 34.6 Å². The van der Waals surface area contributed by atoms with E-state index in [1.54, 1.807) is 44.3 Å². The summed E-state index contributed by atoms with van der Waals surface area (Å²) in [4.78, 5) is 55.7. The van der Waals surface area contributed by atoms with E-state index in [-0.39, 0.29) is 36.7 Å². The molecular formula is C34H39N5O7. The minimum absolute atomic E-state index is 0.0225. The summed E-state index contributed by atoms with van der Waals surface area (Å²) in [6.07, 6.45) is 1.87. The molecule has 0 spiro atoms. The Morgan fingerprint density at radius 3 is 1.87 bits per heavy atom. The molecule has 1 aromatic heterocycles. The molecule has 3 amide bonds. The van der Waals surface area contributed by atoms with Crippen molar-refractivity contribution in [2.24, 2.45) is 11.7 Å². The number of nitrogens with two attached hydrogens (primary N) is 1. The SMILES string of the molecule is CC(C)C(NC(=O)C(N)Cc1ccc(O)cc1)C(=O)NC(Cc1c[nH]c2ccccc12)C(=O)NC(Cc1ccc(O)cc1)C(=O)O. The largest absolute Gasteiger partial charge is 0.508 e. The number of benzene rings is 3. The molecule has 1 heterocycles. The van der Waals surface area contributed by atoms with Crippen LogP contribution in [0.1, 0.15) is 30.5 Å². The fraction of sp³-hybridized carbons (Fsp3) is 0.294. The molecule has 0 saturated carbocycles. The summed E-state index contributed by atoms with van der Waals surface area (Å²) in [5, 5.41) is 37.8. The Balaban J connectivity index is 1.53. The third-order valence-corrected chi connectivity index (χ3v) is 7.70. The number of hydrogen-bond donors (Lipinski definition) is 8. The Labute approximate surface area is 266 Å². The van der Waals surface area contributed by atoms with Gasteiger partial charge in [-0.05, 0) is 59.4 Å². The van der Waals surface area contributed by atoms with Gasteiger partial charge < -0.3 is 42.0 Å². The van der Waals surface area contributed by atoms with Gasteiger partial charge in [-0.25, -0.2) is 4.79 Å². The maximum Gasteiger partial charge on any atom is 0.326 e. The van der Waals surface area contributed by atoms with Crippen molar-refractivity contribution in [2.45, 2.75) is 57.3 Å². The number of carbonyl (C=O) groups is 4. The molecule has 46 heavy (non-hydrogen) atoms. The van der Waals surface area contributed by atoms with Gasteiger partial charge in [0.2, 0.25) is 17.7 Å². The van der Waals surface area contributed by atoms with Gasteiger partial charge >= 0.3 is 5.97 Å². The van der Waals surface area contributed by atoms with Crippen molar-refractivity contribution in [3.63, 3.8) is 0 Å². The number of rotatable bonds is 14. The number of hydrogen-bond acceptors (Lipinski definition) is 7. The molecule has 0 aliphatic carbocycles. The van der Waals surface area contributed by atoms with E-state index in [2.05, 4.69) is 20.9 Å². The lowest BCUT2D eigenvalue weighted by molar-refractivity contribution is -0.142. The molecule has 0 aliphatic heterocycles. The topological polar surface area (TPSA) is 207 Å². The first-order chi connectivity index (χ1) is 21.9. The lowest BCUT2D eigenvalue weighted by Gasteiger charge is -2.27. The predicted octanol–water partition coefficient (Wildman–Crippen LogP) is 2.13. The van der Waals surface area contributed by atoms with Crippen LogP contribution in [0.5, 0.6) is 11.5 Å². The van der Waals surface area contributed by atoms with Crippen molar-refractivity contribution in [1.82, 2.24) is 20.9 Å². The number of H-pyrrole nitrogens is 1. The number of aliphatic carboxylic acids is 1. The zero-order valence-electron chi connectivity index (χ0n) is 25.6. The maximum atomic E-state index is 13.7. The molecule has 0 aliphatic rings. The van der Waals surface area contributed by atoms with E-state index in [9.17, 15) is 34.5 Å². The van der Waals surface area contributed by atoms with E-state index in [1.165, 1.54) is 24.3 Å². The number of fused-ring (bicyclic) bond motifs is 1. The van der Waals surface area contributed by atoms with E-state index in [0.717, 1.165) is 22.0 Å². The number of carboxylic acid groups (broad SMARTS) is 1. The summed E-state index contributed by atoms with van der Waals surface area (Å²) < 4.78 is 0. The Hall–Kier alpha value is -5.36. The number of aromatic nitrogens is 1. The molecule has 0 saturated heterocycles. The highest BCUT2D eigenvalue weighted by atomic mass is 16.4. The molecule has 4 unspecified atom stereocenters. The fourth-order valence-electron chi connectivity index (χ4n) is 5.11. The van der Waals surface area contributed by atoms with Gasteiger partial charge in [0, 0.05) is 29.9 Å². The van der Waals surface area contributed by atoms with Gasteiger partial charge in [-0.2, -0.15) is 0 Å². The van der Waals surface area contributed by atoms with Crippen LogP contribution in [0, 0.1) is 5.92 Å². The molecule has 12 nitrogen and oxygen atoms in total. The van der Waals surface area contributed by atoms with Crippen LogP contribution in [0.25, 0.3) is 10.9 Å². The molecule has 0 fully saturated rings. The van der Waals surface area contributed by atoms with Crippen LogP contribution in [-0.2, 0) is 38.4 Å². The Kier molecular flexibility index (Phi) is 11.0. The number of carboxylic acids is 1. The van der Waals surface area contributed by atoms with E-state index < -0.39 is 47.9 Å². The van der Waals surface area contributed by atoms with E-state index >= 15 is 0 Å². The molecular weight excluding hydrogens is 590 g/mol. The minimum Gasteiger partial charge on any atom is -0.508 e. The van der Waals surface area contributed by atoms with Gasteiger partial charge in [-0.1, -0.05) is 56.3 Å². The van der Waals surface area contributed by atoms with Gasteiger partial charge in [-0.15, -0.1) is 0 Å². The first-order valence-corrected chi connectivity index (χ1v) is 14.9. The molecule has 9 N–H and O–H groups in total. The lowest BCUT2D eigenvalue weighted by atomic mass is 9.99. The minimum atomic E-state index is -1.32. The molecule has 242 valence electrons. The molecule has 4 atom stereocenters. The second-order valence-electron chi connectivity index (χ2n) is 11.6. The van der Waals surface area contributed by atoms with Crippen molar-refractivity contribution < 1.29 is 34.5 Å². The van der Waals surface area contributed by atoms with Gasteiger partial charge in [0.15, 0.2) is 0 Å². The van der Waals surface area contributed by atoms with Gasteiger partial charge in [0.25, 0.3) is 0 Å². The van der Waals surface area contributed by atoms with Crippen LogP contribution >= 0.6 is 0 Å². The number of aromatic hydroxyl groups is 2. The number of phenolic OH excluding ortho intramolecular Hbond substituents is 2. The summed E-state index contributed by atoms with van der Waals surface area (Å²) >= 11 is 0. The van der Waals surface area contributed by atoms with Crippen LogP contribution < -0.4 is 21.7 Å². The van der Waals surface area contributed by atoms with Crippen LogP contribution in [-0.4, -0.2) is 68.2 Å². The molecule has 0 bridgehead atoms. The fourth-order valence-corrected chi connectivity index (χ4v) is 5.11. The molecule has 12 heteroatoms. The first-order valence-electron chi connectivity index (χ1n) is 14.9. The first kappa shape index (κ1) is 33.5. The van der Waals surface area contributed by atoms with Crippen molar-refractivity contribution in [1.29, 1.82) is 0 Å². The number of phenols is 2. The zero-order chi connectivity index (χ0) is 33.4. The smallest absolute Gasteiger partial charge is 0.326 e. The molecule has 4 rings (SSSR count). The summed E-state index contributed by atoms with van der Waals surface area (Å²) in [5.74, 6) is -3.47. The van der Waals surface area contributed by atoms with Crippen molar-refractivity contribution in [3.05, 3.63) is 95.7 Å². The maximum absolute atomic E-state index is 13.7. The second-order valence-corrected chi connectivity index (χ2v) is 11.6. The van der Waals surface area contributed by atoms with Crippen molar-refractivity contribution in [2.75, 3.05) is 0 Å². The zero-order valence-corrected chi connectivity index (χ0v) is 25.6. The van der Waals surface area contributed by atoms with E-state index in [1.807, 2.05) is 24.3 Å². The van der Waals surface area contributed by atoms with Crippen LogP contribution in [0.3, 0.4) is 0 Å². The highest BCUT2D eigenvalue weighted by Crippen LogP contribution is 2.20. The third-order valence-electron chi connectivity index (χ3n) is 7.70. The van der Waals surface area contributed by atoms with Crippen LogP contribution in [0.4, 0.5) is 0 Å². The average Bonchev–Trinajstić information content (AvgIpc) is 3.43. The predicted molar refractivity (Wildman–Crippen MR) is 172 cm³/mol. The monoisotopic (exact) mass is 629 g/mol. The van der Waals surface area contributed by atoms with Crippen LogP contribution in [0.2, 0.25) is 0 Å². The summed E-state index contributed by atoms with van der Waals surface area (Å²) in [6, 6.07) is 15.1. The molecule has 3 aromatic carbocycles. The Morgan fingerprint density at radius 2 is 1.28 bits per heavy atom. The average molecular weight is 630 g/mol. The van der Waals surface area contributed by atoms with E-state index in [0.29, 0.717) is 5.56 Å². The van der Waals surface area contributed by atoms with Gasteiger partial charge in [-0.3, -0.25) is 14.4 Å². The number of carbonyl (C=O) groups excluding carboxylic acids is 3. The standard InChI is InChI=1S/C34H39N5O7/c1-19(2)30(39-31(42)26(35)15-20-7-11-23(40)12-8-20)33(44)37-28(17-22-18-36-27-6-4-3-5-25(22)27)32(43)38-29(34(45)46)16-21-9-13-24(41)14-10-21/h3-14,18-19,26,28-30,36,40-41H,15-17,35H2,1-2H3,(H,37,44)(H,38,43)(H,39,42)(H,45,46). The highest BCUT2D eigenvalue weighted by Gasteiger charge is 2.32. The quantitative estimate of drug-likeness (QED) is 0.103. The number of para-hydroxylation sites is 1. The van der Waals surface area contributed by atoms with Crippen LogP contribution in [0.15, 0.2) is 79.0 Å². The van der Waals surface area contributed by atoms with Gasteiger partial charge in [0.05, 0.1) is 6.04 Å². The number of aromatic amines is 1. The van der Waals surface area contributed by atoms with Gasteiger partial charge in [0.1, 0.15) is 29.6 Å². The summed E-state index contributed by atoms with van der Waals surface area (Å²) in [6.45, 7) is 3.48. The van der Waals surface area contributed by atoms with Crippen molar-refractivity contribution in [3.8, 4) is 11.5 Å². The highest BCUT2D eigenvalue weighted by molar-refractivity contribution is 5.95. The Morgan fingerprint density at radius 1 is 0.717 bits per heavy atom.